The molecule has 0 aliphatic carbocycles. The van der Waals surface area contributed by atoms with Crippen molar-refractivity contribution in [2.45, 2.75) is 19.4 Å². The molecule has 7 nitrogen and oxygen atoms in total. The highest BCUT2D eigenvalue weighted by atomic mass is 16.5. The zero-order valence-corrected chi connectivity index (χ0v) is 17.7. The van der Waals surface area contributed by atoms with E-state index >= 15 is 0 Å². The highest BCUT2D eigenvalue weighted by Gasteiger charge is 2.15. The van der Waals surface area contributed by atoms with Crippen LogP contribution in [-0.4, -0.2) is 33.8 Å². The van der Waals surface area contributed by atoms with Crippen molar-refractivity contribution in [2.75, 3.05) is 27.9 Å². The molecule has 0 spiro atoms. The summed E-state index contributed by atoms with van der Waals surface area (Å²) < 4.78 is 15.7. The molecule has 1 amide bonds. The quantitative estimate of drug-likeness (QED) is 0.356. The van der Waals surface area contributed by atoms with Crippen molar-refractivity contribution in [1.82, 2.24) is 10.6 Å². The number of ether oxygens (including phenoxy) is 3. The minimum Gasteiger partial charge on any atom is -0.497 e. The second-order valence-electron chi connectivity index (χ2n) is 6.54. The molecule has 1 unspecified atom stereocenters. The standard InChI is InChI=1S/C23H27N3O4/c1-16(18-8-9-21(29-3)22(13-18)30-4)26-23(27)19(14-24)15-25-11-10-17-6-5-7-20(12-17)28-2/h5-9,12-13,15-16,25H,10-11H2,1-4H3,(H,26,27)/b19-15-. The van der Waals surface area contributed by atoms with Crippen LogP contribution in [0.1, 0.15) is 24.1 Å². The van der Waals surface area contributed by atoms with Crippen LogP contribution in [0.2, 0.25) is 0 Å². The molecule has 0 bridgehead atoms. The second-order valence-corrected chi connectivity index (χ2v) is 6.54. The predicted octanol–water partition coefficient (Wildman–Crippen LogP) is 3.13. The fourth-order valence-corrected chi connectivity index (χ4v) is 2.85. The number of amides is 1. The number of methoxy groups -OCH3 is 3. The number of rotatable bonds is 10. The summed E-state index contributed by atoms with van der Waals surface area (Å²) in [5.74, 6) is 1.53. The van der Waals surface area contributed by atoms with Gasteiger partial charge in [-0.25, -0.2) is 0 Å². The lowest BCUT2D eigenvalue weighted by Crippen LogP contribution is -2.28. The highest BCUT2D eigenvalue weighted by Crippen LogP contribution is 2.29. The molecular formula is C23H27N3O4. The number of benzene rings is 2. The van der Waals surface area contributed by atoms with Crippen LogP contribution in [0, 0.1) is 11.3 Å². The first-order valence-electron chi connectivity index (χ1n) is 9.51. The molecular weight excluding hydrogens is 382 g/mol. The van der Waals surface area contributed by atoms with Gasteiger partial charge in [0.05, 0.1) is 27.4 Å². The molecule has 0 saturated heterocycles. The predicted molar refractivity (Wildman–Crippen MR) is 115 cm³/mol. The Balaban J connectivity index is 1.94. The molecule has 2 aromatic carbocycles. The lowest BCUT2D eigenvalue weighted by atomic mass is 10.1. The molecule has 2 N–H and O–H groups in total. The molecule has 0 saturated carbocycles. The monoisotopic (exact) mass is 409 g/mol. The van der Waals surface area contributed by atoms with E-state index in [1.807, 2.05) is 43.3 Å². The number of carbonyl (C=O) groups is 1. The largest absolute Gasteiger partial charge is 0.497 e. The lowest BCUT2D eigenvalue weighted by molar-refractivity contribution is -0.117. The number of nitrogens with one attached hydrogen (secondary N) is 2. The maximum atomic E-state index is 12.5. The molecule has 2 rings (SSSR count). The Labute approximate surface area is 177 Å². The van der Waals surface area contributed by atoms with E-state index in [2.05, 4.69) is 10.6 Å². The highest BCUT2D eigenvalue weighted by molar-refractivity contribution is 5.97. The van der Waals surface area contributed by atoms with Gasteiger partial charge < -0.3 is 24.8 Å². The van der Waals surface area contributed by atoms with Gasteiger partial charge in [-0.15, -0.1) is 0 Å². The number of nitriles is 1. The van der Waals surface area contributed by atoms with Gasteiger partial charge in [0.2, 0.25) is 0 Å². The minimum absolute atomic E-state index is 0.00738. The molecule has 0 heterocycles. The fourth-order valence-electron chi connectivity index (χ4n) is 2.85. The van der Waals surface area contributed by atoms with Crippen LogP contribution in [0.5, 0.6) is 17.2 Å². The third kappa shape index (κ3) is 6.17. The molecule has 1 atom stereocenters. The summed E-state index contributed by atoms with van der Waals surface area (Å²) in [5.41, 5.74) is 1.94. The van der Waals surface area contributed by atoms with Gasteiger partial charge in [-0.3, -0.25) is 4.79 Å². The Morgan fingerprint density at radius 2 is 1.87 bits per heavy atom. The number of hydrogen-bond donors (Lipinski definition) is 2. The van der Waals surface area contributed by atoms with Crippen LogP contribution in [0.3, 0.4) is 0 Å². The van der Waals surface area contributed by atoms with Crippen molar-refractivity contribution in [1.29, 1.82) is 5.26 Å². The van der Waals surface area contributed by atoms with Crippen LogP contribution < -0.4 is 24.8 Å². The van der Waals surface area contributed by atoms with E-state index in [9.17, 15) is 10.1 Å². The molecule has 0 aliphatic rings. The van der Waals surface area contributed by atoms with Gasteiger partial charge >= 0.3 is 0 Å². The number of carbonyl (C=O) groups excluding carboxylic acids is 1. The molecule has 0 radical (unpaired) electrons. The summed E-state index contributed by atoms with van der Waals surface area (Å²) >= 11 is 0. The summed E-state index contributed by atoms with van der Waals surface area (Å²) in [6.45, 7) is 2.42. The zero-order valence-electron chi connectivity index (χ0n) is 17.7. The summed E-state index contributed by atoms with van der Waals surface area (Å²) in [6.07, 6.45) is 2.17. The van der Waals surface area contributed by atoms with Crippen molar-refractivity contribution >= 4 is 5.91 Å². The van der Waals surface area contributed by atoms with E-state index in [-0.39, 0.29) is 11.6 Å². The summed E-state index contributed by atoms with van der Waals surface area (Å²) in [6, 6.07) is 14.8. The maximum absolute atomic E-state index is 12.5. The van der Waals surface area contributed by atoms with Crippen molar-refractivity contribution in [3.8, 4) is 23.3 Å². The Morgan fingerprint density at radius 1 is 1.10 bits per heavy atom. The van der Waals surface area contributed by atoms with E-state index in [1.54, 1.807) is 33.5 Å². The van der Waals surface area contributed by atoms with Crippen LogP contribution in [-0.2, 0) is 11.2 Å². The summed E-state index contributed by atoms with van der Waals surface area (Å²) in [7, 11) is 4.74. The van der Waals surface area contributed by atoms with E-state index < -0.39 is 5.91 Å². The average Bonchev–Trinajstić information content (AvgIpc) is 2.78. The Bertz CT molecular complexity index is 934. The molecule has 30 heavy (non-hydrogen) atoms. The first kappa shape index (κ1) is 22.6. The van der Waals surface area contributed by atoms with Gasteiger partial charge in [0.1, 0.15) is 17.4 Å². The molecule has 7 heteroatoms. The van der Waals surface area contributed by atoms with Crippen molar-refractivity contribution < 1.29 is 19.0 Å². The van der Waals surface area contributed by atoms with Gasteiger partial charge in [0, 0.05) is 12.7 Å². The molecule has 158 valence electrons. The smallest absolute Gasteiger partial charge is 0.263 e. The van der Waals surface area contributed by atoms with Crippen molar-refractivity contribution in [2.24, 2.45) is 0 Å². The van der Waals surface area contributed by atoms with Crippen molar-refractivity contribution in [3.05, 3.63) is 65.4 Å². The average molecular weight is 409 g/mol. The summed E-state index contributed by atoms with van der Waals surface area (Å²) in [4.78, 5) is 12.5. The first-order valence-corrected chi connectivity index (χ1v) is 9.51. The number of hydrogen-bond acceptors (Lipinski definition) is 6. The van der Waals surface area contributed by atoms with Gasteiger partial charge in [0.15, 0.2) is 11.5 Å². The topological polar surface area (TPSA) is 92.6 Å². The third-order valence-corrected chi connectivity index (χ3v) is 4.56. The Kier molecular flexibility index (Phi) is 8.57. The third-order valence-electron chi connectivity index (χ3n) is 4.56. The van der Waals surface area contributed by atoms with Crippen LogP contribution in [0.15, 0.2) is 54.2 Å². The molecule has 0 fully saturated rings. The minimum atomic E-state index is -0.450. The van der Waals surface area contributed by atoms with Crippen LogP contribution in [0.25, 0.3) is 0 Å². The zero-order chi connectivity index (χ0) is 21.9. The van der Waals surface area contributed by atoms with E-state index in [0.717, 1.165) is 23.3 Å². The van der Waals surface area contributed by atoms with Crippen molar-refractivity contribution in [3.63, 3.8) is 0 Å². The van der Waals surface area contributed by atoms with E-state index in [1.165, 1.54) is 6.20 Å². The Morgan fingerprint density at radius 3 is 2.53 bits per heavy atom. The fraction of sp³-hybridized carbons (Fsp3) is 0.304. The summed E-state index contributed by atoms with van der Waals surface area (Å²) in [5, 5.41) is 15.2. The molecule has 0 aliphatic heterocycles. The Hall–Kier alpha value is -3.66. The van der Waals surface area contributed by atoms with Gasteiger partial charge in [0.25, 0.3) is 5.91 Å². The normalized spacial score (nSPS) is 11.8. The van der Waals surface area contributed by atoms with Gasteiger partial charge in [-0.2, -0.15) is 5.26 Å². The number of nitrogens with zero attached hydrogens (tertiary/aromatic N) is 1. The van der Waals surface area contributed by atoms with Crippen LogP contribution in [0.4, 0.5) is 0 Å². The molecule has 2 aromatic rings. The lowest BCUT2D eigenvalue weighted by Gasteiger charge is -2.16. The second kappa shape index (κ2) is 11.4. The van der Waals surface area contributed by atoms with Gasteiger partial charge in [-0.1, -0.05) is 18.2 Å². The van der Waals surface area contributed by atoms with Gasteiger partial charge in [-0.05, 0) is 48.7 Å². The molecule has 0 aromatic heterocycles. The van der Waals surface area contributed by atoms with E-state index in [4.69, 9.17) is 14.2 Å². The first-order chi connectivity index (χ1) is 14.5. The van der Waals surface area contributed by atoms with E-state index in [0.29, 0.717) is 18.0 Å². The SMILES string of the molecule is COc1cccc(CCN/C=C(/C#N)C(=O)NC(C)c2ccc(OC)c(OC)c2)c1. The van der Waals surface area contributed by atoms with Crippen LogP contribution >= 0.6 is 0 Å². The maximum Gasteiger partial charge on any atom is 0.263 e.